The lowest BCUT2D eigenvalue weighted by Crippen LogP contribution is -2.17. The van der Waals surface area contributed by atoms with E-state index in [4.69, 9.17) is 0 Å². The Morgan fingerprint density at radius 2 is 1.79 bits per heavy atom. The van der Waals surface area contributed by atoms with Crippen molar-refractivity contribution >= 4 is 11.4 Å². The van der Waals surface area contributed by atoms with Crippen LogP contribution in [0.15, 0.2) is 48.5 Å². The molecule has 2 aromatic rings. The molecule has 2 heteroatoms. The summed E-state index contributed by atoms with van der Waals surface area (Å²) in [5.74, 6) is -0.0612. The molecule has 0 fully saturated rings. The Bertz CT molecular complexity index is 640. The summed E-state index contributed by atoms with van der Waals surface area (Å²) >= 11 is 0. The van der Waals surface area contributed by atoms with Crippen LogP contribution >= 0.6 is 0 Å². The summed E-state index contributed by atoms with van der Waals surface area (Å²) < 4.78 is 0. The molecule has 1 aliphatic rings. The van der Waals surface area contributed by atoms with E-state index in [1.807, 2.05) is 12.1 Å². The number of fused-ring (bicyclic) bond motifs is 2. The molecule has 0 radical (unpaired) electrons. The van der Waals surface area contributed by atoms with E-state index in [9.17, 15) is 5.26 Å². The molecule has 1 aliphatic heterocycles. The standard InChI is InChI=1S/C17H16N2/c1-2-19-16-9-5-3-7-13(16)11-14(12-18)15-8-4-6-10-17(15)19/h3-10,14H,2,11H2,1H3/t14-/m1/s1. The van der Waals surface area contributed by atoms with Crippen molar-refractivity contribution in [1.29, 1.82) is 5.26 Å². The van der Waals surface area contributed by atoms with E-state index in [0.29, 0.717) is 0 Å². The van der Waals surface area contributed by atoms with Gasteiger partial charge in [-0.25, -0.2) is 0 Å². The highest BCUT2D eigenvalue weighted by Crippen LogP contribution is 2.40. The smallest absolute Gasteiger partial charge is 0.0774 e. The molecule has 19 heavy (non-hydrogen) atoms. The average Bonchev–Trinajstić information content (AvgIpc) is 2.61. The van der Waals surface area contributed by atoms with Crippen LogP contribution in [0.5, 0.6) is 0 Å². The third-order valence-electron chi connectivity index (χ3n) is 3.78. The van der Waals surface area contributed by atoms with E-state index in [1.165, 1.54) is 16.9 Å². The van der Waals surface area contributed by atoms with Gasteiger partial charge >= 0.3 is 0 Å². The molecule has 2 nitrogen and oxygen atoms in total. The minimum atomic E-state index is -0.0612. The molecule has 0 N–H and O–H groups in total. The first-order chi connectivity index (χ1) is 9.35. The van der Waals surface area contributed by atoms with Gasteiger partial charge in [0.2, 0.25) is 0 Å². The molecule has 0 saturated heterocycles. The monoisotopic (exact) mass is 248 g/mol. The lowest BCUT2D eigenvalue weighted by molar-refractivity contribution is 0.861. The zero-order valence-corrected chi connectivity index (χ0v) is 11.0. The molecule has 0 bridgehead atoms. The van der Waals surface area contributed by atoms with Crippen LogP contribution in [-0.2, 0) is 6.42 Å². The quantitative estimate of drug-likeness (QED) is 0.762. The van der Waals surface area contributed by atoms with Gasteiger partial charge in [0.25, 0.3) is 0 Å². The normalized spacial score (nSPS) is 17.1. The maximum absolute atomic E-state index is 9.48. The van der Waals surface area contributed by atoms with Crippen molar-refractivity contribution in [2.24, 2.45) is 0 Å². The zero-order chi connectivity index (χ0) is 13.2. The molecular weight excluding hydrogens is 232 g/mol. The highest BCUT2D eigenvalue weighted by molar-refractivity contribution is 5.72. The van der Waals surface area contributed by atoms with Crippen molar-refractivity contribution in [3.63, 3.8) is 0 Å². The number of benzene rings is 2. The van der Waals surface area contributed by atoms with E-state index in [0.717, 1.165) is 18.5 Å². The Kier molecular flexibility index (Phi) is 2.97. The minimum Gasteiger partial charge on any atom is -0.341 e. The fourth-order valence-electron chi connectivity index (χ4n) is 2.89. The predicted octanol–water partition coefficient (Wildman–Crippen LogP) is 4.01. The number of hydrogen-bond donors (Lipinski definition) is 0. The summed E-state index contributed by atoms with van der Waals surface area (Å²) in [6, 6.07) is 19.1. The minimum absolute atomic E-state index is 0.0612. The van der Waals surface area contributed by atoms with E-state index in [2.05, 4.69) is 54.3 Å². The van der Waals surface area contributed by atoms with Crippen LogP contribution in [-0.4, -0.2) is 6.54 Å². The average molecular weight is 248 g/mol. The summed E-state index contributed by atoms with van der Waals surface area (Å²) in [7, 11) is 0. The van der Waals surface area contributed by atoms with Crippen LogP contribution < -0.4 is 4.90 Å². The van der Waals surface area contributed by atoms with Gasteiger partial charge < -0.3 is 4.90 Å². The molecular formula is C17H16N2. The van der Waals surface area contributed by atoms with E-state index in [-0.39, 0.29) is 5.92 Å². The third-order valence-corrected chi connectivity index (χ3v) is 3.78. The number of rotatable bonds is 1. The zero-order valence-electron chi connectivity index (χ0n) is 11.0. The van der Waals surface area contributed by atoms with Gasteiger partial charge in [-0.15, -0.1) is 0 Å². The Labute approximate surface area is 113 Å². The molecule has 0 unspecified atom stereocenters. The van der Waals surface area contributed by atoms with Crippen molar-refractivity contribution in [3.8, 4) is 6.07 Å². The van der Waals surface area contributed by atoms with E-state index >= 15 is 0 Å². The molecule has 3 rings (SSSR count). The predicted molar refractivity (Wildman–Crippen MR) is 77.6 cm³/mol. The maximum Gasteiger partial charge on any atom is 0.0774 e. The molecule has 1 atom stereocenters. The van der Waals surface area contributed by atoms with E-state index in [1.54, 1.807) is 0 Å². The maximum atomic E-state index is 9.48. The number of anilines is 2. The Hall–Kier alpha value is -2.27. The second-order valence-corrected chi connectivity index (χ2v) is 4.82. The molecule has 0 saturated carbocycles. The van der Waals surface area contributed by atoms with Crippen LogP contribution in [0.25, 0.3) is 0 Å². The van der Waals surface area contributed by atoms with Gasteiger partial charge in [0.15, 0.2) is 0 Å². The number of nitriles is 1. The third kappa shape index (κ3) is 1.88. The number of para-hydroxylation sites is 2. The molecule has 1 heterocycles. The molecule has 94 valence electrons. The fraction of sp³-hybridized carbons (Fsp3) is 0.235. The van der Waals surface area contributed by atoms with Gasteiger partial charge in [-0.3, -0.25) is 0 Å². The van der Waals surface area contributed by atoms with Gasteiger partial charge in [0, 0.05) is 17.9 Å². The van der Waals surface area contributed by atoms with Crippen LogP contribution in [0.1, 0.15) is 24.0 Å². The van der Waals surface area contributed by atoms with Gasteiger partial charge in [-0.05, 0) is 36.6 Å². The Balaban J connectivity index is 2.26. The van der Waals surface area contributed by atoms with Gasteiger partial charge in [0.1, 0.15) is 0 Å². The second kappa shape index (κ2) is 4.78. The van der Waals surface area contributed by atoms with Crippen molar-refractivity contribution in [1.82, 2.24) is 0 Å². The van der Waals surface area contributed by atoms with Crippen LogP contribution in [0, 0.1) is 11.3 Å². The molecule has 0 amide bonds. The van der Waals surface area contributed by atoms with Crippen LogP contribution in [0.3, 0.4) is 0 Å². The first-order valence-electron chi connectivity index (χ1n) is 6.69. The topological polar surface area (TPSA) is 27.0 Å². The molecule has 2 aromatic carbocycles. The SMILES string of the molecule is CCN1c2ccccc2C[C@H](C#N)c2ccccc21. The number of hydrogen-bond acceptors (Lipinski definition) is 2. The van der Waals surface area contributed by atoms with E-state index < -0.39 is 0 Å². The van der Waals surface area contributed by atoms with Gasteiger partial charge in [-0.1, -0.05) is 36.4 Å². The largest absolute Gasteiger partial charge is 0.341 e. The first-order valence-corrected chi connectivity index (χ1v) is 6.69. The van der Waals surface area contributed by atoms with Crippen LogP contribution in [0.2, 0.25) is 0 Å². The first kappa shape index (κ1) is 11.8. The highest BCUT2D eigenvalue weighted by atomic mass is 15.1. The van der Waals surface area contributed by atoms with Crippen molar-refractivity contribution < 1.29 is 0 Å². The van der Waals surface area contributed by atoms with Gasteiger partial charge in [0.05, 0.1) is 12.0 Å². The number of nitrogens with zero attached hydrogens (tertiary/aromatic N) is 2. The summed E-state index contributed by atoms with van der Waals surface area (Å²) in [6.07, 6.45) is 0.792. The fourth-order valence-corrected chi connectivity index (χ4v) is 2.89. The summed E-state index contributed by atoms with van der Waals surface area (Å²) in [6.45, 7) is 3.06. The Morgan fingerprint density at radius 3 is 2.53 bits per heavy atom. The summed E-state index contributed by atoms with van der Waals surface area (Å²) in [4.78, 5) is 2.31. The molecule has 0 aromatic heterocycles. The lowest BCUT2D eigenvalue weighted by Gasteiger charge is -2.25. The van der Waals surface area contributed by atoms with Crippen molar-refractivity contribution in [3.05, 3.63) is 59.7 Å². The lowest BCUT2D eigenvalue weighted by atomic mass is 9.93. The summed E-state index contributed by atoms with van der Waals surface area (Å²) in [5, 5.41) is 9.48. The molecule has 0 spiro atoms. The molecule has 0 aliphatic carbocycles. The summed E-state index contributed by atoms with van der Waals surface area (Å²) in [5.41, 5.74) is 4.80. The van der Waals surface area contributed by atoms with Crippen LogP contribution in [0.4, 0.5) is 11.4 Å². The van der Waals surface area contributed by atoms with Crippen molar-refractivity contribution in [2.75, 3.05) is 11.4 Å². The van der Waals surface area contributed by atoms with Gasteiger partial charge in [-0.2, -0.15) is 5.26 Å². The second-order valence-electron chi connectivity index (χ2n) is 4.82. The Morgan fingerprint density at radius 1 is 1.11 bits per heavy atom. The highest BCUT2D eigenvalue weighted by Gasteiger charge is 2.25. The van der Waals surface area contributed by atoms with Crippen molar-refractivity contribution in [2.45, 2.75) is 19.3 Å².